The van der Waals surface area contributed by atoms with Gasteiger partial charge in [-0.05, 0) is 0 Å². The van der Waals surface area contributed by atoms with Crippen LogP contribution in [0.1, 0.15) is 20.8 Å². The van der Waals surface area contributed by atoms with Gasteiger partial charge in [-0.25, -0.2) is 0 Å². The molecule has 0 heterocycles. The molecule has 0 N–H and O–H groups in total. The molecule has 0 radical (unpaired) electrons. The third kappa shape index (κ3) is 9.03. The van der Waals surface area contributed by atoms with Crippen LogP contribution in [0.2, 0.25) is 9.26 Å². The minimum absolute atomic E-state index is 0.121. The van der Waals surface area contributed by atoms with Crippen molar-refractivity contribution in [3.8, 4) is 0 Å². The van der Waals surface area contributed by atoms with Crippen LogP contribution in [0.5, 0.6) is 0 Å². The zero-order valence-electron chi connectivity index (χ0n) is 7.67. The standard InChI is InChI=1S/C5H10OS2.2CH3.Bi/c1-5(2,3)6-4(7)8;;;/h1-3H3,(H,7,8);2*1H3;/q;;;+1/p-1. The number of hydrogen-bond acceptors (Lipinski definition) is 3. The van der Waals surface area contributed by atoms with Crippen molar-refractivity contribution in [2.75, 3.05) is 0 Å². The molecule has 0 aliphatic carbocycles. The molecule has 0 bridgehead atoms. The summed E-state index contributed by atoms with van der Waals surface area (Å²) >= 11 is 3.86. The first-order valence-electron chi connectivity index (χ1n) is 3.39. The van der Waals surface area contributed by atoms with Gasteiger partial charge in [-0.3, -0.25) is 0 Å². The molecular formula is C7H15BiOS2. The van der Waals surface area contributed by atoms with Crippen LogP contribution in [0.4, 0.5) is 0 Å². The predicted octanol–water partition coefficient (Wildman–Crippen LogP) is 3.07. The molecule has 0 spiro atoms. The van der Waals surface area contributed by atoms with Crippen LogP contribution >= 0.6 is 20.7 Å². The molecule has 0 aromatic rings. The summed E-state index contributed by atoms with van der Waals surface area (Å²) < 4.78 is 10.8. The second-order valence-electron chi connectivity index (χ2n) is 3.37. The van der Waals surface area contributed by atoms with Gasteiger partial charge in [0.1, 0.15) is 0 Å². The van der Waals surface area contributed by atoms with Gasteiger partial charge in [0.25, 0.3) is 0 Å². The van der Waals surface area contributed by atoms with Crippen molar-refractivity contribution in [2.45, 2.75) is 35.6 Å². The number of hydrogen-bond donors (Lipinski definition) is 0. The Morgan fingerprint density at radius 3 is 2.09 bits per heavy atom. The quantitative estimate of drug-likeness (QED) is 0.505. The van der Waals surface area contributed by atoms with Crippen molar-refractivity contribution in [1.82, 2.24) is 0 Å². The molecule has 0 aliphatic heterocycles. The molecule has 0 fully saturated rings. The summed E-state index contributed by atoms with van der Waals surface area (Å²) in [6.45, 7) is 6.07. The van der Waals surface area contributed by atoms with E-state index in [1.807, 2.05) is 20.8 Å². The Morgan fingerprint density at radius 2 is 1.82 bits per heavy atom. The van der Waals surface area contributed by atoms with E-state index in [4.69, 9.17) is 17.0 Å². The molecule has 0 amide bonds. The normalized spacial score (nSPS) is 11.8. The van der Waals surface area contributed by atoms with Crippen LogP contribution in [0.3, 0.4) is 0 Å². The fourth-order valence-corrected chi connectivity index (χ4v) is 9.09. The summed E-state index contributed by atoms with van der Waals surface area (Å²) in [5.74, 6) is 0. The fraction of sp³-hybridized carbons (Fsp3) is 0.857. The fourth-order valence-electron chi connectivity index (χ4n) is 0.418. The number of rotatable bonds is 1. The Morgan fingerprint density at radius 1 is 1.36 bits per heavy atom. The number of ether oxygens (including phenoxy) is 1. The molecule has 0 aliphatic rings. The zero-order valence-corrected chi connectivity index (χ0v) is 12.8. The van der Waals surface area contributed by atoms with Gasteiger partial charge in [-0.15, -0.1) is 0 Å². The van der Waals surface area contributed by atoms with Crippen LogP contribution in [0.15, 0.2) is 0 Å². The molecule has 0 unspecified atom stereocenters. The average molecular weight is 388 g/mol. The average Bonchev–Trinajstić information content (AvgIpc) is 1.53. The van der Waals surface area contributed by atoms with E-state index in [1.54, 1.807) is 8.52 Å². The van der Waals surface area contributed by atoms with E-state index in [0.717, 1.165) is 4.38 Å². The van der Waals surface area contributed by atoms with Crippen LogP contribution in [0.25, 0.3) is 0 Å². The molecule has 4 heteroatoms. The van der Waals surface area contributed by atoms with Gasteiger partial charge >= 0.3 is 85.8 Å². The topological polar surface area (TPSA) is 9.23 Å². The summed E-state index contributed by atoms with van der Waals surface area (Å²) in [7, 11) is 1.79. The van der Waals surface area contributed by atoms with E-state index in [2.05, 4.69) is 9.26 Å². The third-order valence-electron chi connectivity index (χ3n) is 0.647. The van der Waals surface area contributed by atoms with Gasteiger partial charge < -0.3 is 0 Å². The molecule has 66 valence electrons. The van der Waals surface area contributed by atoms with Crippen molar-refractivity contribution in [1.29, 1.82) is 0 Å². The maximum absolute atomic E-state index is 5.49. The van der Waals surface area contributed by atoms with E-state index >= 15 is 0 Å². The van der Waals surface area contributed by atoms with Crippen molar-refractivity contribution in [3.05, 3.63) is 0 Å². The molecule has 0 saturated carbocycles. The van der Waals surface area contributed by atoms with Crippen LogP contribution in [-0.2, 0) is 4.74 Å². The monoisotopic (exact) mass is 388 g/mol. The van der Waals surface area contributed by atoms with Crippen molar-refractivity contribution in [3.63, 3.8) is 0 Å². The van der Waals surface area contributed by atoms with Crippen molar-refractivity contribution in [2.24, 2.45) is 0 Å². The predicted molar refractivity (Wildman–Crippen MR) is 58.5 cm³/mol. The Bertz CT molecular complexity index is 140. The molecule has 0 aromatic carbocycles. The van der Waals surface area contributed by atoms with Gasteiger partial charge in [-0.1, -0.05) is 0 Å². The molecule has 11 heavy (non-hydrogen) atoms. The molecule has 0 atom stereocenters. The second kappa shape index (κ2) is 4.98. The molecule has 0 aromatic heterocycles. The summed E-state index contributed by atoms with van der Waals surface area (Å²) in [5, 5.41) is 0. The minimum atomic E-state index is -1.21. The molecular weight excluding hydrogens is 373 g/mol. The SMILES string of the molecule is [CH3][Bi]([CH3])[S]C(=S)OC(C)(C)C. The molecule has 0 rings (SSSR count). The summed E-state index contributed by atoms with van der Waals surface area (Å²) in [4.78, 5) is 0. The van der Waals surface area contributed by atoms with Gasteiger partial charge in [-0.2, -0.15) is 0 Å². The maximum atomic E-state index is 5.49. The Hall–Kier alpha value is 1.12. The van der Waals surface area contributed by atoms with E-state index in [-0.39, 0.29) is 5.60 Å². The Kier molecular flexibility index (Phi) is 5.49. The molecule has 1 nitrogen and oxygen atoms in total. The Balaban J connectivity index is 3.71. The Labute approximate surface area is 85.2 Å². The first-order chi connectivity index (χ1) is 4.81. The van der Waals surface area contributed by atoms with Crippen LogP contribution in [-0.4, -0.2) is 30.3 Å². The summed E-state index contributed by atoms with van der Waals surface area (Å²) in [6.07, 6.45) is 0. The van der Waals surface area contributed by atoms with Gasteiger partial charge in [0, 0.05) is 0 Å². The second-order valence-corrected chi connectivity index (χ2v) is 19.4. The summed E-state index contributed by atoms with van der Waals surface area (Å²) in [5.41, 5.74) is -0.121. The first kappa shape index (κ1) is 12.1. The zero-order chi connectivity index (χ0) is 9.07. The van der Waals surface area contributed by atoms with Crippen LogP contribution in [0, 0.1) is 0 Å². The van der Waals surface area contributed by atoms with Gasteiger partial charge in [0.05, 0.1) is 0 Å². The van der Waals surface area contributed by atoms with Crippen molar-refractivity contribution < 1.29 is 4.74 Å². The summed E-state index contributed by atoms with van der Waals surface area (Å²) in [6, 6.07) is 0. The third-order valence-corrected chi connectivity index (χ3v) is 9.29. The van der Waals surface area contributed by atoms with Gasteiger partial charge in [0.15, 0.2) is 0 Å². The van der Waals surface area contributed by atoms with E-state index < -0.39 is 20.3 Å². The van der Waals surface area contributed by atoms with Crippen LogP contribution < -0.4 is 0 Å². The molecule has 0 saturated heterocycles. The van der Waals surface area contributed by atoms with E-state index in [9.17, 15) is 0 Å². The number of thiocarbonyl (C=S) groups is 1. The van der Waals surface area contributed by atoms with Gasteiger partial charge in [0.2, 0.25) is 0 Å². The van der Waals surface area contributed by atoms with E-state index in [1.165, 1.54) is 0 Å². The van der Waals surface area contributed by atoms with E-state index in [0.29, 0.717) is 0 Å². The van der Waals surface area contributed by atoms with Crippen molar-refractivity contribution >= 4 is 45.4 Å². The first-order valence-corrected chi connectivity index (χ1v) is 15.8.